The van der Waals surface area contributed by atoms with Crippen LogP contribution in [0.3, 0.4) is 0 Å². The predicted molar refractivity (Wildman–Crippen MR) is 69.9 cm³/mol. The Balaban J connectivity index is 1.72. The number of fused-ring (bicyclic) bond motifs is 1. The molecule has 0 fully saturated rings. The SMILES string of the molecule is O=C(OON1C(=O)c2ccccc2C1=O)c1ccccc1. The number of rotatable bonds is 3. The number of carbonyl (C=O) groups excluding carboxylic acids is 3. The molecule has 0 radical (unpaired) electrons. The average molecular weight is 283 g/mol. The average Bonchev–Trinajstić information content (AvgIpc) is 2.78. The Bertz CT molecular complexity index is 691. The monoisotopic (exact) mass is 283 g/mol. The van der Waals surface area contributed by atoms with Crippen LogP contribution in [0.1, 0.15) is 31.1 Å². The van der Waals surface area contributed by atoms with Gasteiger partial charge in [0.05, 0.1) is 16.7 Å². The number of nitrogens with zero attached hydrogens (tertiary/aromatic N) is 1. The maximum atomic E-state index is 11.9. The first-order chi connectivity index (χ1) is 10.2. The molecule has 0 saturated heterocycles. The van der Waals surface area contributed by atoms with Gasteiger partial charge in [-0.2, -0.15) is 0 Å². The van der Waals surface area contributed by atoms with Crippen molar-refractivity contribution < 1.29 is 24.3 Å². The first-order valence-corrected chi connectivity index (χ1v) is 6.10. The molecule has 0 saturated carbocycles. The molecular weight excluding hydrogens is 274 g/mol. The minimum atomic E-state index is -0.799. The van der Waals surface area contributed by atoms with E-state index >= 15 is 0 Å². The summed E-state index contributed by atoms with van der Waals surface area (Å²) in [4.78, 5) is 44.7. The summed E-state index contributed by atoms with van der Waals surface area (Å²) in [6, 6.07) is 14.3. The van der Waals surface area contributed by atoms with Crippen molar-refractivity contribution in [3.8, 4) is 0 Å². The number of carbonyl (C=O) groups is 3. The molecule has 0 bridgehead atoms. The van der Waals surface area contributed by atoms with E-state index in [1.54, 1.807) is 30.3 Å². The lowest BCUT2D eigenvalue weighted by Gasteiger charge is -2.10. The van der Waals surface area contributed by atoms with Crippen molar-refractivity contribution in [3.63, 3.8) is 0 Å². The van der Waals surface area contributed by atoms with Crippen LogP contribution in [0.2, 0.25) is 0 Å². The largest absolute Gasteiger partial charge is 0.375 e. The highest BCUT2D eigenvalue weighted by Crippen LogP contribution is 2.22. The van der Waals surface area contributed by atoms with Crippen molar-refractivity contribution in [2.75, 3.05) is 0 Å². The van der Waals surface area contributed by atoms with Gasteiger partial charge in [-0.3, -0.25) is 14.5 Å². The van der Waals surface area contributed by atoms with Crippen LogP contribution in [0.5, 0.6) is 0 Å². The molecule has 0 unspecified atom stereocenters. The van der Waals surface area contributed by atoms with E-state index < -0.39 is 17.8 Å². The molecule has 104 valence electrons. The van der Waals surface area contributed by atoms with Crippen molar-refractivity contribution in [2.45, 2.75) is 0 Å². The molecule has 0 spiro atoms. The second kappa shape index (κ2) is 5.18. The predicted octanol–water partition coefficient (Wildman–Crippen LogP) is 1.99. The first-order valence-electron chi connectivity index (χ1n) is 6.10. The molecule has 21 heavy (non-hydrogen) atoms. The summed E-state index contributed by atoms with van der Waals surface area (Å²) in [6.45, 7) is 0. The number of imide groups is 1. The Morgan fingerprint density at radius 1 is 0.810 bits per heavy atom. The quantitative estimate of drug-likeness (QED) is 0.489. The highest BCUT2D eigenvalue weighted by molar-refractivity contribution is 6.20. The van der Waals surface area contributed by atoms with Gasteiger partial charge >= 0.3 is 5.97 Å². The fourth-order valence-corrected chi connectivity index (χ4v) is 1.93. The number of hydrogen-bond acceptors (Lipinski definition) is 5. The van der Waals surface area contributed by atoms with Gasteiger partial charge in [-0.25, -0.2) is 4.79 Å². The van der Waals surface area contributed by atoms with E-state index in [0.717, 1.165) is 0 Å². The van der Waals surface area contributed by atoms with Crippen molar-refractivity contribution in [1.29, 1.82) is 0 Å². The molecule has 0 atom stereocenters. The summed E-state index contributed by atoms with van der Waals surface area (Å²) in [5.41, 5.74) is 0.658. The summed E-state index contributed by atoms with van der Waals surface area (Å²) in [5.74, 6) is -2.14. The fourth-order valence-electron chi connectivity index (χ4n) is 1.93. The van der Waals surface area contributed by atoms with Crippen molar-refractivity contribution >= 4 is 17.8 Å². The smallest absolute Gasteiger partial charge is 0.269 e. The molecule has 6 heteroatoms. The molecule has 6 nitrogen and oxygen atoms in total. The Morgan fingerprint density at radius 2 is 1.33 bits per heavy atom. The van der Waals surface area contributed by atoms with Crippen LogP contribution in [0.15, 0.2) is 54.6 Å². The van der Waals surface area contributed by atoms with Crippen LogP contribution < -0.4 is 0 Å². The normalized spacial score (nSPS) is 13.2. The summed E-state index contributed by atoms with van der Waals surface area (Å²) >= 11 is 0. The van der Waals surface area contributed by atoms with E-state index in [9.17, 15) is 14.4 Å². The molecule has 0 N–H and O–H groups in total. The first kappa shape index (κ1) is 13.0. The second-order valence-corrected chi connectivity index (χ2v) is 4.26. The van der Waals surface area contributed by atoms with E-state index in [0.29, 0.717) is 5.06 Å². The van der Waals surface area contributed by atoms with Crippen LogP contribution >= 0.6 is 0 Å². The number of hydroxylamine groups is 2. The van der Waals surface area contributed by atoms with E-state index in [1.165, 1.54) is 24.3 Å². The van der Waals surface area contributed by atoms with E-state index in [1.807, 2.05) is 0 Å². The summed E-state index contributed by atoms with van der Waals surface area (Å²) in [5, 5.41) is 0.422. The molecule has 1 heterocycles. The second-order valence-electron chi connectivity index (χ2n) is 4.26. The molecule has 0 aliphatic carbocycles. The van der Waals surface area contributed by atoms with Crippen molar-refractivity contribution in [2.24, 2.45) is 0 Å². The lowest BCUT2D eigenvalue weighted by atomic mass is 10.1. The number of benzene rings is 2. The maximum Gasteiger partial charge on any atom is 0.375 e. The maximum absolute atomic E-state index is 11.9. The number of hydrogen-bond donors (Lipinski definition) is 0. The van der Waals surface area contributed by atoms with Crippen LogP contribution in [0, 0.1) is 0 Å². The van der Waals surface area contributed by atoms with E-state index in [4.69, 9.17) is 0 Å². The molecule has 2 amide bonds. The van der Waals surface area contributed by atoms with Gasteiger partial charge in [0.1, 0.15) is 0 Å². The molecule has 1 aliphatic rings. The minimum absolute atomic E-state index is 0.207. The third-order valence-electron chi connectivity index (χ3n) is 2.95. The van der Waals surface area contributed by atoms with E-state index in [-0.39, 0.29) is 16.7 Å². The summed E-state index contributed by atoms with van der Waals surface area (Å²) in [7, 11) is 0. The van der Waals surface area contributed by atoms with Gasteiger partial charge in [-0.05, 0) is 29.3 Å². The lowest BCUT2D eigenvalue weighted by molar-refractivity contribution is -0.341. The lowest BCUT2D eigenvalue weighted by Crippen LogP contribution is -2.31. The summed E-state index contributed by atoms with van der Waals surface area (Å²) < 4.78 is 0. The zero-order chi connectivity index (χ0) is 14.8. The topological polar surface area (TPSA) is 72.9 Å². The van der Waals surface area contributed by atoms with E-state index in [2.05, 4.69) is 9.88 Å². The molecule has 0 aromatic heterocycles. The van der Waals surface area contributed by atoms with Crippen LogP contribution in [0.4, 0.5) is 0 Å². The third kappa shape index (κ3) is 2.28. The highest BCUT2D eigenvalue weighted by Gasteiger charge is 2.38. The van der Waals surface area contributed by atoms with Crippen molar-refractivity contribution in [3.05, 3.63) is 71.3 Å². The molecule has 2 aromatic rings. The van der Waals surface area contributed by atoms with Gasteiger partial charge in [-0.15, -0.1) is 5.06 Å². The highest BCUT2D eigenvalue weighted by atomic mass is 17.3. The molecule has 2 aromatic carbocycles. The van der Waals surface area contributed by atoms with Gasteiger partial charge in [0.25, 0.3) is 11.8 Å². The Kier molecular flexibility index (Phi) is 3.21. The Hall–Kier alpha value is -2.99. The van der Waals surface area contributed by atoms with Gasteiger partial charge in [0.2, 0.25) is 0 Å². The van der Waals surface area contributed by atoms with Crippen LogP contribution in [-0.2, 0) is 9.88 Å². The van der Waals surface area contributed by atoms with Gasteiger partial charge in [0.15, 0.2) is 0 Å². The van der Waals surface area contributed by atoms with Crippen LogP contribution in [-0.4, -0.2) is 22.8 Å². The molecular formula is C15H9NO5. The fraction of sp³-hybridized carbons (Fsp3) is 0. The summed E-state index contributed by atoms with van der Waals surface area (Å²) in [6.07, 6.45) is 0. The third-order valence-corrected chi connectivity index (χ3v) is 2.95. The molecule has 1 aliphatic heterocycles. The van der Waals surface area contributed by atoms with Gasteiger partial charge in [0, 0.05) is 0 Å². The number of amides is 2. The zero-order valence-corrected chi connectivity index (χ0v) is 10.7. The van der Waals surface area contributed by atoms with Gasteiger partial charge < -0.3 is 0 Å². The zero-order valence-electron chi connectivity index (χ0n) is 10.7. The van der Waals surface area contributed by atoms with Gasteiger partial charge in [-0.1, -0.05) is 30.3 Å². The minimum Gasteiger partial charge on any atom is -0.269 e. The molecule has 3 rings (SSSR count). The Labute approximate surface area is 119 Å². The van der Waals surface area contributed by atoms with Crippen molar-refractivity contribution in [1.82, 2.24) is 5.06 Å². The van der Waals surface area contributed by atoms with Crippen LogP contribution in [0.25, 0.3) is 0 Å². The standard InChI is InChI=1S/C15H9NO5/c17-13-11-8-4-5-9-12(11)14(18)16(13)21-20-15(19)10-6-2-1-3-7-10/h1-9H. The Morgan fingerprint density at radius 3 is 1.90 bits per heavy atom.